The number of hydrogen-bond donors (Lipinski definition) is 3. The molecule has 122 valence electrons. The Bertz CT molecular complexity index is 403. The number of urea groups is 1. The van der Waals surface area contributed by atoms with Crippen LogP contribution in [0.1, 0.15) is 20.3 Å². The molecule has 1 saturated heterocycles. The van der Waals surface area contributed by atoms with Crippen LogP contribution in [0.5, 0.6) is 0 Å². The third-order valence-electron chi connectivity index (χ3n) is 3.73. The van der Waals surface area contributed by atoms with Crippen molar-refractivity contribution in [2.45, 2.75) is 32.0 Å². The van der Waals surface area contributed by atoms with Crippen molar-refractivity contribution < 1.29 is 27.9 Å². The van der Waals surface area contributed by atoms with Crippen molar-refractivity contribution in [1.82, 2.24) is 15.5 Å². The number of aliphatic carboxylic acids is 1. The van der Waals surface area contributed by atoms with E-state index in [0.717, 1.165) is 26.1 Å². The number of nitrogens with zero attached hydrogens (tertiary/aromatic N) is 1. The first kappa shape index (κ1) is 17.5. The lowest BCUT2D eigenvalue weighted by molar-refractivity contribution is -0.203. The standard InChI is InChI=1S/C12H20F3N3O3/c1-3-18-5-4-8(7-18)6-16-10(21)17-11(2,9(19)20)12(13,14)15/h8H,3-7H2,1-2H3,(H,19,20)(H2,16,17,21). The van der Waals surface area contributed by atoms with Gasteiger partial charge < -0.3 is 20.6 Å². The summed E-state index contributed by atoms with van der Waals surface area (Å²) in [6, 6.07) is -1.13. The molecule has 9 heteroatoms. The topological polar surface area (TPSA) is 81.7 Å². The molecule has 3 N–H and O–H groups in total. The number of rotatable bonds is 5. The van der Waals surface area contributed by atoms with Gasteiger partial charge in [0.05, 0.1) is 0 Å². The molecule has 0 aromatic rings. The fraction of sp³-hybridized carbons (Fsp3) is 0.833. The smallest absolute Gasteiger partial charge is 0.422 e. The van der Waals surface area contributed by atoms with E-state index in [1.54, 1.807) is 0 Å². The van der Waals surface area contributed by atoms with Crippen LogP contribution in [-0.4, -0.2) is 59.9 Å². The van der Waals surface area contributed by atoms with E-state index in [4.69, 9.17) is 5.11 Å². The zero-order valence-corrected chi connectivity index (χ0v) is 12.0. The van der Waals surface area contributed by atoms with Gasteiger partial charge in [-0.25, -0.2) is 9.59 Å². The van der Waals surface area contributed by atoms with Gasteiger partial charge in [-0.2, -0.15) is 13.2 Å². The molecule has 0 saturated carbocycles. The van der Waals surface area contributed by atoms with Crippen molar-refractivity contribution in [1.29, 1.82) is 0 Å². The fourth-order valence-corrected chi connectivity index (χ4v) is 2.12. The van der Waals surface area contributed by atoms with Gasteiger partial charge in [0, 0.05) is 13.1 Å². The van der Waals surface area contributed by atoms with E-state index in [0.29, 0.717) is 6.92 Å². The number of carbonyl (C=O) groups is 2. The Labute approximate surface area is 120 Å². The van der Waals surface area contributed by atoms with Gasteiger partial charge in [-0.05, 0) is 32.4 Å². The van der Waals surface area contributed by atoms with E-state index in [1.165, 1.54) is 5.32 Å². The molecule has 0 bridgehead atoms. The van der Waals surface area contributed by atoms with Crippen LogP contribution in [0.15, 0.2) is 0 Å². The molecule has 2 amide bonds. The first-order chi connectivity index (χ1) is 9.60. The maximum absolute atomic E-state index is 12.7. The van der Waals surface area contributed by atoms with Crippen molar-refractivity contribution in [3.63, 3.8) is 0 Å². The summed E-state index contributed by atoms with van der Waals surface area (Å²) in [4.78, 5) is 24.5. The maximum Gasteiger partial charge on any atom is 0.422 e. The number of amides is 2. The average molecular weight is 311 g/mol. The first-order valence-electron chi connectivity index (χ1n) is 6.68. The van der Waals surface area contributed by atoms with Crippen LogP contribution in [0, 0.1) is 5.92 Å². The molecule has 1 rings (SSSR count). The molecule has 0 aromatic heterocycles. The predicted octanol–water partition coefficient (Wildman–Crippen LogP) is 1.03. The Balaban J connectivity index is 2.51. The highest BCUT2D eigenvalue weighted by Crippen LogP contribution is 2.30. The van der Waals surface area contributed by atoms with Gasteiger partial charge in [0.1, 0.15) is 0 Å². The predicted molar refractivity (Wildman–Crippen MR) is 68.9 cm³/mol. The summed E-state index contributed by atoms with van der Waals surface area (Å²) < 4.78 is 38.2. The second-order valence-electron chi connectivity index (χ2n) is 5.31. The summed E-state index contributed by atoms with van der Waals surface area (Å²) in [7, 11) is 0. The molecule has 0 radical (unpaired) electrons. The molecular weight excluding hydrogens is 291 g/mol. The van der Waals surface area contributed by atoms with E-state index < -0.39 is 23.7 Å². The lowest BCUT2D eigenvalue weighted by Gasteiger charge is -2.28. The normalized spacial score (nSPS) is 22.6. The van der Waals surface area contributed by atoms with E-state index in [-0.39, 0.29) is 12.5 Å². The Morgan fingerprint density at radius 2 is 2.00 bits per heavy atom. The van der Waals surface area contributed by atoms with E-state index in [1.807, 2.05) is 6.92 Å². The van der Waals surface area contributed by atoms with Crippen LogP contribution in [0.25, 0.3) is 0 Å². The summed E-state index contributed by atoms with van der Waals surface area (Å²) in [5.41, 5.74) is -3.30. The lowest BCUT2D eigenvalue weighted by Crippen LogP contribution is -2.63. The third kappa shape index (κ3) is 4.23. The minimum Gasteiger partial charge on any atom is -0.479 e. The Morgan fingerprint density at radius 3 is 2.43 bits per heavy atom. The molecule has 1 fully saturated rings. The van der Waals surface area contributed by atoms with Gasteiger partial charge in [-0.1, -0.05) is 6.92 Å². The molecule has 21 heavy (non-hydrogen) atoms. The van der Waals surface area contributed by atoms with Crippen LogP contribution >= 0.6 is 0 Å². The lowest BCUT2D eigenvalue weighted by atomic mass is 10.0. The van der Waals surface area contributed by atoms with Gasteiger partial charge in [0.25, 0.3) is 0 Å². The minimum absolute atomic E-state index is 0.165. The van der Waals surface area contributed by atoms with Gasteiger partial charge in [0.2, 0.25) is 5.54 Å². The van der Waals surface area contributed by atoms with Crippen molar-refractivity contribution >= 4 is 12.0 Å². The number of carboxylic acids is 1. The zero-order chi connectivity index (χ0) is 16.3. The number of alkyl halides is 3. The van der Waals surface area contributed by atoms with Crippen LogP contribution in [0.3, 0.4) is 0 Å². The number of nitrogens with one attached hydrogen (secondary N) is 2. The van der Waals surface area contributed by atoms with E-state index >= 15 is 0 Å². The zero-order valence-electron chi connectivity index (χ0n) is 12.0. The largest absolute Gasteiger partial charge is 0.479 e. The number of hydrogen-bond acceptors (Lipinski definition) is 3. The average Bonchev–Trinajstić information content (AvgIpc) is 2.82. The minimum atomic E-state index is -5.08. The Kier molecular flexibility index (Phi) is 5.43. The van der Waals surface area contributed by atoms with Crippen LogP contribution in [0.4, 0.5) is 18.0 Å². The van der Waals surface area contributed by atoms with Crippen LogP contribution in [0.2, 0.25) is 0 Å². The summed E-state index contributed by atoms with van der Waals surface area (Å²) in [6.07, 6.45) is -4.23. The number of halogens is 3. The summed E-state index contributed by atoms with van der Waals surface area (Å²) in [5, 5.41) is 12.5. The summed E-state index contributed by atoms with van der Waals surface area (Å²) in [6.45, 7) is 5.18. The molecule has 0 aliphatic carbocycles. The molecule has 1 aliphatic heterocycles. The van der Waals surface area contributed by atoms with Gasteiger partial charge in [-0.3, -0.25) is 0 Å². The number of likely N-dealkylation sites (tertiary alicyclic amines) is 1. The highest BCUT2D eigenvalue weighted by atomic mass is 19.4. The van der Waals surface area contributed by atoms with Gasteiger partial charge in [0.15, 0.2) is 0 Å². The second-order valence-corrected chi connectivity index (χ2v) is 5.31. The van der Waals surface area contributed by atoms with Crippen molar-refractivity contribution in [3.8, 4) is 0 Å². The highest BCUT2D eigenvalue weighted by molar-refractivity contribution is 5.86. The third-order valence-corrected chi connectivity index (χ3v) is 3.73. The SMILES string of the molecule is CCN1CCC(CNC(=O)NC(C)(C(=O)O)C(F)(F)F)C1. The maximum atomic E-state index is 12.7. The molecular formula is C12H20F3N3O3. The fourth-order valence-electron chi connectivity index (χ4n) is 2.12. The second kappa shape index (κ2) is 6.50. The van der Waals surface area contributed by atoms with Crippen LogP contribution < -0.4 is 10.6 Å². The van der Waals surface area contributed by atoms with Crippen LogP contribution in [-0.2, 0) is 4.79 Å². The Hall–Kier alpha value is -1.51. The first-order valence-corrected chi connectivity index (χ1v) is 6.68. The quantitative estimate of drug-likeness (QED) is 0.708. The molecule has 1 heterocycles. The van der Waals surface area contributed by atoms with E-state index in [9.17, 15) is 22.8 Å². The van der Waals surface area contributed by atoms with Gasteiger partial charge in [-0.15, -0.1) is 0 Å². The summed E-state index contributed by atoms with van der Waals surface area (Å²) in [5.74, 6) is -1.99. The van der Waals surface area contributed by atoms with E-state index in [2.05, 4.69) is 10.2 Å². The molecule has 2 unspecified atom stereocenters. The molecule has 0 aromatic carbocycles. The molecule has 0 spiro atoms. The molecule has 2 atom stereocenters. The number of carboxylic acid groups (broad SMARTS) is 1. The van der Waals surface area contributed by atoms with Crippen molar-refractivity contribution in [2.75, 3.05) is 26.2 Å². The molecule has 6 nitrogen and oxygen atoms in total. The number of carbonyl (C=O) groups excluding carboxylic acids is 1. The van der Waals surface area contributed by atoms with Gasteiger partial charge >= 0.3 is 18.2 Å². The van der Waals surface area contributed by atoms with Crippen molar-refractivity contribution in [3.05, 3.63) is 0 Å². The van der Waals surface area contributed by atoms with Crippen molar-refractivity contribution in [2.24, 2.45) is 5.92 Å². The Morgan fingerprint density at radius 1 is 1.38 bits per heavy atom. The molecule has 1 aliphatic rings. The summed E-state index contributed by atoms with van der Waals surface area (Å²) >= 11 is 0. The monoisotopic (exact) mass is 311 g/mol. The highest BCUT2D eigenvalue weighted by Gasteiger charge is 2.58.